The molecule has 0 unspecified atom stereocenters. The zero-order valence-corrected chi connectivity index (χ0v) is 11.3. The summed E-state index contributed by atoms with van der Waals surface area (Å²) >= 11 is 0. The largest absolute Gasteiger partial charge is 0.394 e. The van der Waals surface area contributed by atoms with Gasteiger partial charge in [-0.25, -0.2) is 0 Å². The second kappa shape index (κ2) is 5.79. The topological polar surface area (TPSA) is 83.7 Å². The Kier molecular flexibility index (Phi) is 4.61. The zero-order valence-electron chi connectivity index (χ0n) is 11.3. The first-order chi connectivity index (χ1) is 8.79. The molecule has 0 fully saturated rings. The van der Waals surface area contributed by atoms with E-state index in [2.05, 4.69) is 0 Å². The van der Waals surface area contributed by atoms with Crippen LogP contribution >= 0.6 is 0 Å². The van der Waals surface area contributed by atoms with E-state index in [1.165, 1.54) is 11.0 Å². The first kappa shape index (κ1) is 15.1. The highest BCUT2D eigenvalue weighted by atomic mass is 16.6. The number of likely N-dealkylation sites (N-methyl/N-ethyl adjacent to an activating group) is 1. The van der Waals surface area contributed by atoms with Crippen LogP contribution in [0.2, 0.25) is 0 Å². The molecule has 0 aliphatic heterocycles. The summed E-state index contributed by atoms with van der Waals surface area (Å²) < 4.78 is 0. The van der Waals surface area contributed by atoms with Crippen molar-refractivity contribution >= 4 is 11.6 Å². The number of carbonyl (C=O) groups is 1. The minimum atomic E-state index is -0.694. The number of rotatable bonds is 5. The van der Waals surface area contributed by atoms with Crippen LogP contribution in [0.15, 0.2) is 24.3 Å². The van der Waals surface area contributed by atoms with Crippen LogP contribution in [0.4, 0.5) is 5.69 Å². The molecule has 1 aromatic rings. The zero-order chi connectivity index (χ0) is 14.6. The molecule has 6 nitrogen and oxygen atoms in total. The normalized spacial score (nSPS) is 11.2. The van der Waals surface area contributed by atoms with E-state index in [9.17, 15) is 20.0 Å². The minimum absolute atomic E-state index is 0.0584. The van der Waals surface area contributed by atoms with Crippen LogP contribution in [0, 0.1) is 10.1 Å². The number of hydrogen-bond donors (Lipinski definition) is 1. The number of nitrogens with zero attached hydrogens (tertiary/aromatic N) is 2. The molecule has 19 heavy (non-hydrogen) atoms. The number of para-hydroxylation sites is 1. The van der Waals surface area contributed by atoms with Gasteiger partial charge in [0.1, 0.15) is 0 Å². The lowest BCUT2D eigenvalue weighted by Gasteiger charge is -2.34. The summed E-state index contributed by atoms with van der Waals surface area (Å²) in [7, 11) is 1.58. The molecule has 0 aliphatic rings. The molecule has 0 saturated carbocycles. The van der Waals surface area contributed by atoms with Crippen LogP contribution in [-0.4, -0.2) is 40.0 Å². The Morgan fingerprint density at radius 3 is 2.53 bits per heavy atom. The summed E-state index contributed by atoms with van der Waals surface area (Å²) in [6, 6.07) is 6.16. The van der Waals surface area contributed by atoms with E-state index in [-0.39, 0.29) is 24.6 Å². The fourth-order valence-electron chi connectivity index (χ4n) is 1.56. The molecule has 104 valence electrons. The van der Waals surface area contributed by atoms with Crippen LogP contribution in [0.5, 0.6) is 0 Å². The van der Waals surface area contributed by atoms with Crippen LogP contribution in [0.1, 0.15) is 19.4 Å². The van der Waals surface area contributed by atoms with Crippen molar-refractivity contribution in [1.82, 2.24) is 4.90 Å². The third-order valence-corrected chi connectivity index (χ3v) is 3.20. The van der Waals surface area contributed by atoms with Crippen LogP contribution in [-0.2, 0) is 11.2 Å². The molecule has 6 heteroatoms. The van der Waals surface area contributed by atoms with E-state index >= 15 is 0 Å². The fourth-order valence-corrected chi connectivity index (χ4v) is 1.56. The molecule has 1 amide bonds. The molecule has 0 aliphatic carbocycles. The quantitative estimate of drug-likeness (QED) is 0.644. The number of hydrogen-bond acceptors (Lipinski definition) is 4. The third-order valence-electron chi connectivity index (χ3n) is 3.20. The predicted molar refractivity (Wildman–Crippen MR) is 70.7 cm³/mol. The Hall–Kier alpha value is -1.95. The summed E-state index contributed by atoms with van der Waals surface area (Å²) in [4.78, 5) is 23.9. The Morgan fingerprint density at radius 2 is 2.00 bits per heavy atom. The lowest BCUT2D eigenvalue weighted by Crippen LogP contribution is -2.48. The first-order valence-electron chi connectivity index (χ1n) is 5.89. The van der Waals surface area contributed by atoms with Gasteiger partial charge < -0.3 is 10.0 Å². The standard InChI is InChI=1S/C13H18N2O4/c1-13(2,9-16)14(3)12(17)8-10-6-4-5-7-11(10)15(18)19/h4-7,16H,8-9H2,1-3H3. The number of benzene rings is 1. The molecule has 1 N–H and O–H groups in total. The monoisotopic (exact) mass is 266 g/mol. The highest BCUT2D eigenvalue weighted by Gasteiger charge is 2.28. The van der Waals surface area contributed by atoms with Gasteiger partial charge in [0.05, 0.1) is 23.5 Å². The third kappa shape index (κ3) is 3.51. The summed E-state index contributed by atoms with van der Waals surface area (Å²) in [5.74, 6) is -0.270. The van der Waals surface area contributed by atoms with Crippen LogP contribution in [0.3, 0.4) is 0 Å². The van der Waals surface area contributed by atoms with Gasteiger partial charge in [-0.3, -0.25) is 14.9 Å². The lowest BCUT2D eigenvalue weighted by atomic mass is 10.0. The number of aliphatic hydroxyl groups is 1. The summed E-state index contributed by atoms with van der Waals surface area (Å²) in [5.41, 5.74) is -0.384. The van der Waals surface area contributed by atoms with E-state index < -0.39 is 10.5 Å². The first-order valence-corrected chi connectivity index (χ1v) is 5.89. The van der Waals surface area contributed by atoms with Crippen molar-refractivity contribution < 1.29 is 14.8 Å². The van der Waals surface area contributed by atoms with Gasteiger partial charge in [0.25, 0.3) is 5.69 Å². The number of nitro groups is 1. The highest BCUT2D eigenvalue weighted by Crippen LogP contribution is 2.20. The fraction of sp³-hybridized carbons (Fsp3) is 0.462. The van der Waals surface area contributed by atoms with Gasteiger partial charge >= 0.3 is 0 Å². The maximum Gasteiger partial charge on any atom is 0.273 e. The molecule has 0 aromatic heterocycles. The van der Waals surface area contributed by atoms with E-state index in [0.717, 1.165) is 0 Å². The maximum absolute atomic E-state index is 12.1. The highest BCUT2D eigenvalue weighted by molar-refractivity contribution is 5.80. The van der Waals surface area contributed by atoms with Crippen molar-refractivity contribution in [2.75, 3.05) is 13.7 Å². The van der Waals surface area contributed by atoms with Gasteiger partial charge in [0, 0.05) is 18.7 Å². The van der Waals surface area contributed by atoms with Crippen LogP contribution in [0.25, 0.3) is 0 Å². The van der Waals surface area contributed by atoms with Crippen molar-refractivity contribution in [3.8, 4) is 0 Å². The van der Waals surface area contributed by atoms with Crippen molar-refractivity contribution in [3.05, 3.63) is 39.9 Å². The van der Waals surface area contributed by atoms with Gasteiger partial charge in [-0.1, -0.05) is 18.2 Å². The van der Waals surface area contributed by atoms with Crippen molar-refractivity contribution in [2.45, 2.75) is 25.8 Å². The number of amides is 1. The summed E-state index contributed by atoms with van der Waals surface area (Å²) in [6.07, 6.45) is -0.0584. The molecule has 0 spiro atoms. The lowest BCUT2D eigenvalue weighted by molar-refractivity contribution is -0.385. The molecule has 0 saturated heterocycles. The molecular weight excluding hydrogens is 248 g/mol. The SMILES string of the molecule is CN(C(=O)Cc1ccccc1[N+](=O)[O-])C(C)(C)CO. The molecule has 0 bridgehead atoms. The van der Waals surface area contributed by atoms with Gasteiger partial charge in [0.15, 0.2) is 0 Å². The average molecular weight is 266 g/mol. The maximum atomic E-state index is 12.1. The Morgan fingerprint density at radius 1 is 1.42 bits per heavy atom. The Labute approximate surface area is 111 Å². The van der Waals surface area contributed by atoms with Gasteiger partial charge in [-0.2, -0.15) is 0 Å². The second-order valence-electron chi connectivity index (χ2n) is 4.99. The van der Waals surface area contributed by atoms with E-state index in [0.29, 0.717) is 5.56 Å². The van der Waals surface area contributed by atoms with Gasteiger partial charge in [-0.15, -0.1) is 0 Å². The molecular formula is C13H18N2O4. The number of nitro benzene ring substituents is 1. The molecule has 1 rings (SSSR count). The average Bonchev–Trinajstić information content (AvgIpc) is 2.38. The molecule has 0 heterocycles. The van der Waals surface area contributed by atoms with E-state index in [4.69, 9.17) is 0 Å². The Bertz CT molecular complexity index is 485. The minimum Gasteiger partial charge on any atom is -0.394 e. The summed E-state index contributed by atoms with van der Waals surface area (Å²) in [5, 5.41) is 20.1. The number of carbonyl (C=O) groups excluding carboxylic acids is 1. The van der Waals surface area contributed by atoms with Crippen molar-refractivity contribution in [1.29, 1.82) is 0 Å². The van der Waals surface area contributed by atoms with E-state index in [1.807, 2.05) is 0 Å². The number of aliphatic hydroxyl groups excluding tert-OH is 1. The van der Waals surface area contributed by atoms with Crippen molar-refractivity contribution in [2.24, 2.45) is 0 Å². The summed E-state index contributed by atoms with van der Waals surface area (Å²) in [6.45, 7) is 3.28. The molecule has 0 radical (unpaired) electrons. The van der Waals surface area contributed by atoms with Crippen molar-refractivity contribution in [3.63, 3.8) is 0 Å². The predicted octanol–water partition coefficient (Wildman–Crippen LogP) is 1.37. The van der Waals surface area contributed by atoms with Gasteiger partial charge in [-0.05, 0) is 13.8 Å². The Balaban J connectivity index is 2.92. The molecule has 1 aromatic carbocycles. The second-order valence-corrected chi connectivity index (χ2v) is 4.99. The smallest absolute Gasteiger partial charge is 0.273 e. The van der Waals surface area contributed by atoms with E-state index in [1.54, 1.807) is 39.1 Å². The van der Waals surface area contributed by atoms with Gasteiger partial charge in [0.2, 0.25) is 5.91 Å². The molecule has 0 atom stereocenters. The van der Waals surface area contributed by atoms with Crippen LogP contribution < -0.4 is 0 Å².